The summed E-state index contributed by atoms with van der Waals surface area (Å²) in [5, 5.41) is 2.31. The van der Waals surface area contributed by atoms with Gasteiger partial charge in [0.25, 0.3) is 0 Å². The predicted octanol–water partition coefficient (Wildman–Crippen LogP) is 4.02. The molecular formula is C15H17N3S. The molecule has 0 unspecified atom stereocenters. The van der Waals surface area contributed by atoms with Gasteiger partial charge in [-0.25, -0.2) is 9.97 Å². The molecule has 3 rings (SSSR count). The van der Waals surface area contributed by atoms with E-state index in [1.54, 1.807) is 11.3 Å². The van der Waals surface area contributed by atoms with Gasteiger partial charge < -0.3 is 5.73 Å². The number of hydrogen-bond donors (Lipinski definition) is 1. The molecule has 0 saturated carbocycles. The van der Waals surface area contributed by atoms with Gasteiger partial charge in [0.1, 0.15) is 5.52 Å². The minimum absolute atomic E-state index is 0.542. The van der Waals surface area contributed by atoms with Crippen LogP contribution in [0.4, 0.5) is 5.82 Å². The van der Waals surface area contributed by atoms with Crippen molar-refractivity contribution in [3.63, 3.8) is 0 Å². The van der Waals surface area contributed by atoms with Gasteiger partial charge in [0.15, 0.2) is 5.82 Å². The van der Waals surface area contributed by atoms with Crippen molar-refractivity contribution in [2.45, 2.75) is 26.7 Å². The number of thiazole rings is 1. The van der Waals surface area contributed by atoms with E-state index < -0.39 is 0 Å². The Morgan fingerprint density at radius 1 is 1.21 bits per heavy atom. The molecule has 0 saturated heterocycles. The molecule has 0 bridgehead atoms. The van der Waals surface area contributed by atoms with Crippen molar-refractivity contribution in [2.75, 3.05) is 5.73 Å². The number of benzene rings is 1. The van der Waals surface area contributed by atoms with E-state index in [2.05, 4.69) is 29.9 Å². The van der Waals surface area contributed by atoms with Crippen LogP contribution in [-0.4, -0.2) is 9.97 Å². The fraction of sp³-hybridized carbons (Fsp3) is 0.333. The first kappa shape index (κ1) is 12.4. The Labute approximate surface area is 116 Å². The molecule has 4 heteroatoms. The molecule has 0 spiro atoms. The summed E-state index contributed by atoms with van der Waals surface area (Å²) in [6, 6.07) is 8.11. The number of anilines is 1. The molecule has 0 atom stereocenters. The summed E-state index contributed by atoms with van der Waals surface area (Å²) in [6.45, 7) is 4.47. The van der Waals surface area contributed by atoms with Crippen LogP contribution in [0.15, 0.2) is 24.3 Å². The summed E-state index contributed by atoms with van der Waals surface area (Å²) in [6.07, 6.45) is 2.18. The topological polar surface area (TPSA) is 51.8 Å². The normalized spacial score (nSPS) is 11.7. The molecule has 3 aromatic rings. The third kappa shape index (κ3) is 2.28. The van der Waals surface area contributed by atoms with E-state index in [1.807, 2.05) is 18.2 Å². The van der Waals surface area contributed by atoms with Crippen LogP contribution in [0.25, 0.3) is 21.1 Å². The highest BCUT2D eigenvalue weighted by molar-refractivity contribution is 7.19. The molecule has 0 aliphatic carbocycles. The minimum atomic E-state index is 0.542. The minimum Gasteiger partial charge on any atom is -0.382 e. The number of hydrogen-bond acceptors (Lipinski definition) is 4. The monoisotopic (exact) mass is 271 g/mol. The maximum atomic E-state index is 6.02. The van der Waals surface area contributed by atoms with E-state index >= 15 is 0 Å². The van der Waals surface area contributed by atoms with Gasteiger partial charge in [-0.3, -0.25) is 0 Å². The van der Waals surface area contributed by atoms with Crippen molar-refractivity contribution in [3.05, 3.63) is 29.3 Å². The van der Waals surface area contributed by atoms with E-state index in [4.69, 9.17) is 5.73 Å². The molecule has 0 amide bonds. The standard InChI is InChI=1S/C15H17N3S/c1-9(2)7-8-12-18-13-14(19-12)10-5-3-4-6-11(10)17-15(13)16/h3-6,9H,7-8H2,1-2H3,(H2,16,17). The zero-order valence-electron chi connectivity index (χ0n) is 11.2. The fourth-order valence-electron chi connectivity index (χ4n) is 2.19. The first-order chi connectivity index (χ1) is 9.15. The summed E-state index contributed by atoms with van der Waals surface area (Å²) >= 11 is 1.75. The van der Waals surface area contributed by atoms with Crippen molar-refractivity contribution in [2.24, 2.45) is 5.92 Å². The van der Waals surface area contributed by atoms with Crippen LogP contribution in [0.2, 0.25) is 0 Å². The lowest BCUT2D eigenvalue weighted by atomic mass is 10.1. The van der Waals surface area contributed by atoms with Gasteiger partial charge in [0.2, 0.25) is 0 Å². The summed E-state index contributed by atoms with van der Waals surface area (Å²) in [5.41, 5.74) is 7.84. The summed E-state index contributed by atoms with van der Waals surface area (Å²) < 4.78 is 1.17. The van der Waals surface area contributed by atoms with Crippen LogP contribution in [0.1, 0.15) is 25.3 Å². The predicted molar refractivity (Wildman–Crippen MR) is 82.5 cm³/mol. The van der Waals surface area contributed by atoms with E-state index in [-0.39, 0.29) is 0 Å². The highest BCUT2D eigenvalue weighted by atomic mass is 32.1. The second-order valence-electron chi connectivity index (χ2n) is 5.23. The second kappa shape index (κ2) is 4.78. The summed E-state index contributed by atoms with van der Waals surface area (Å²) in [4.78, 5) is 9.10. The highest BCUT2D eigenvalue weighted by Gasteiger charge is 2.12. The van der Waals surface area contributed by atoms with Crippen LogP contribution < -0.4 is 5.73 Å². The van der Waals surface area contributed by atoms with Crippen LogP contribution >= 0.6 is 11.3 Å². The van der Waals surface area contributed by atoms with E-state index in [0.717, 1.165) is 34.3 Å². The third-order valence-electron chi connectivity index (χ3n) is 3.24. The molecule has 3 nitrogen and oxygen atoms in total. The number of aromatic nitrogens is 2. The van der Waals surface area contributed by atoms with Gasteiger partial charge in [-0.05, 0) is 24.8 Å². The molecule has 2 heterocycles. The first-order valence-corrected chi connectivity index (χ1v) is 7.40. The lowest BCUT2D eigenvalue weighted by Gasteiger charge is -1.99. The van der Waals surface area contributed by atoms with Crippen molar-refractivity contribution in [3.8, 4) is 0 Å². The number of aryl methyl sites for hydroxylation is 1. The van der Waals surface area contributed by atoms with Gasteiger partial charge in [-0.15, -0.1) is 11.3 Å². The van der Waals surface area contributed by atoms with E-state index in [0.29, 0.717) is 11.7 Å². The van der Waals surface area contributed by atoms with Gasteiger partial charge in [0, 0.05) is 5.39 Å². The summed E-state index contributed by atoms with van der Waals surface area (Å²) in [7, 11) is 0. The molecule has 98 valence electrons. The van der Waals surface area contributed by atoms with Crippen LogP contribution in [0.3, 0.4) is 0 Å². The molecule has 0 fully saturated rings. The lowest BCUT2D eigenvalue weighted by molar-refractivity contribution is 0.586. The van der Waals surface area contributed by atoms with Gasteiger partial charge in [-0.1, -0.05) is 32.0 Å². The molecule has 2 aromatic heterocycles. The molecular weight excluding hydrogens is 254 g/mol. The zero-order valence-corrected chi connectivity index (χ0v) is 12.0. The lowest BCUT2D eigenvalue weighted by Crippen LogP contribution is -1.93. The van der Waals surface area contributed by atoms with Gasteiger partial charge in [-0.2, -0.15) is 0 Å². The van der Waals surface area contributed by atoms with Gasteiger partial charge >= 0.3 is 0 Å². The van der Waals surface area contributed by atoms with Crippen molar-refractivity contribution in [1.82, 2.24) is 9.97 Å². The Balaban J connectivity index is 2.15. The van der Waals surface area contributed by atoms with Crippen LogP contribution in [0, 0.1) is 5.92 Å². The Bertz CT molecular complexity index is 731. The number of para-hydroxylation sites is 1. The highest BCUT2D eigenvalue weighted by Crippen LogP contribution is 2.32. The van der Waals surface area contributed by atoms with Crippen LogP contribution in [0.5, 0.6) is 0 Å². The van der Waals surface area contributed by atoms with Crippen molar-refractivity contribution >= 4 is 38.3 Å². The quantitative estimate of drug-likeness (QED) is 0.783. The fourth-order valence-corrected chi connectivity index (χ4v) is 3.31. The molecule has 0 aliphatic rings. The smallest absolute Gasteiger partial charge is 0.151 e. The molecule has 0 radical (unpaired) electrons. The van der Waals surface area contributed by atoms with Gasteiger partial charge in [0.05, 0.1) is 15.2 Å². The number of nitrogens with two attached hydrogens (primary N) is 1. The molecule has 1 aromatic carbocycles. The average molecular weight is 271 g/mol. The Morgan fingerprint density at radius 3 is 2.79 bits per heavy atom. The zero-order chi connectivity index (χ0) is 13.4. The average Bonchev–Trinajstić information content (AvgIpc) is 2.81. The number of pyridine rings is 1. The maximum Gasteiger partial charge on any atom is 0.151 e. The maximum absolute atomic E-state index is 6.02. The molecule has 19 heavy (non-hydrogen) atoms. The van der Waals surface area contributed by atoms with E-state index in [9.17, 15) is 0 Å². The Morgan fingerprint density at radius 2 is 2.00 bits per heavy atom. The van der Waals surface area contributed by atoms with Crippen LogP contribution in [-0.2, 0) is 6.42 Å². The second-order valence-corrected chi connectivity index (χ2v) is 6.32. The first-order valence-electron chi connectivity index (χ1n) is 6.59. The SMILES string of the molecule is CC(C)CCc1nc2c(N)nc3ccccc3c2s1. The Hall–Kier alpha value is -1.68. The van der Waals surface area contributed by atoms with Crippen molar-refractivity contribution < 1.29 is 0 Å². The largest absolute Gasteiger partial charge is 0.382 e. The molecule has 0 aliphatic heterocycles. The third-order valence-corrected chi connectivity index (χ3v) is 4.39. The summed E-state index contributed by atoms with van der Waals surface area (Å²) in [5.74, 6) is 1.24. The number of nitrogen functional groups attached to an aromatic ring is 1. The Kier molecular flexibility index (Phi) is 3.11. The van der Waals surface area contributed by atoms with Crippen molar-refractivity contribution in [1.29, 1.82) is 0 Å². The number of fused-ring (bicyclic) bond motifs is 3. The number of rotatable bonds is 3. The number of nitrogens with zero attached hydrogens (tertiary/aromatic N) is 2. The van der Waals surface area contributed by atoms with E-state index in [1.165, 1.54) is 4.70 Å². The molecule has 2 N–H and O–H groups in total.